The normalized spacial score (nSPS) is 11.6. The Bertz CT molecular complexity index is 354. The van der Waals surface area contributed by atoms with Crippen LogP contribution in [0.15, 0.2) is 24.3 Å². The molecular formula is C16H28N2O. The molecular weight excluding hydrogens is 236 g/mol. The topological polar surface area (TPSA) is 24.5 Å². The van der Waals surface area contributed by atoms with Gasteiger partial charge >= 0.3 is 0 Å². The molecule has 0 aliphatic rings. The first-order chi connectivity index (χ1) is 8.92. The van der Waals surface area contributed by atoms with Crippen molar-refractivity contribution in [2.24, 2.45) is 0 Å². The molecule has 0 saturated carbocycles. The van der Waals surface area contributed by atoms with Crippen LogP contribution in [0, 0.1) is 0 Å². The molecule has 0 aliphatic heterocycles. The van der Waals surface area contributed by atoms with E-state index in [2.05, 4.69) is 62.3 Å². The Hall–Kier alpha value is -1.06. The molecule has 0 radical (unpaired) electrons. The summed E-state index contributed by atoms with van der Waals surface area (Å²) in [6.45, 7) is 9.31. The molecule has 19 heavy (non-hydrogen) atoms. The second kappa shape index (κ2) is 7.51. The summed E-state index contributed by atoms with van der Waals surface area (Å²) < 4.78 is 5.08. The van der Waals surface area contributed by atoms with Gasteiger partial charge in [0.2, 0.25) is 0 Å². The predicted molar refractivity (Wildman–Crippen MR) is 82.8 cm³/mol. The van der Waals surface area contributed by atoms with Crippen LogP contribution < -0.4 is 10.2 Å². The van der Waals surface area contributed by atoms with Crippen LogP contribution in [0.4, 0.5) is 5.69 Å². The zero-order chi connectivity index (χ0) is 14.3. The van der Waals surface area contributed by atoms with Crippen LogP contribution in [0.1, 0.15) is 32.8 Å². The fourth-order valence-electron chi connectivity index (χ4n) is 1.81. The number of nitrogens with one attached hydrogen (secondary N) is 1. The minimum atomic E-state index is 0.162. The largest absolute Gasteiger partial charge is 0.385 e. The second-order valence-corrected chi connectivity index (χ2v) is 6.04. The molecule has 0 amide bonds. The van der Waals surface area contributed by atoms with Gasteiger partial charge in [0, 0.05) is 45.1 Å². The molecule has 0 atom stereocenters. The Morgan fingerprint density at radius 3 is 2.32 bits per heavy atom. The fourth-order valence-corrected chi connectivity index (χ4v) is 1.81. The van der Waals surface area contributed by atoms with Crippen LogP contribution in [0.5, 0.6) is 0 Å². The van der Waals surface area contributed by atoms with Gasteiger partial charge in [-0.15, -0.1) is 0 Å². The van der Waals surface area contributed by atoms with Crippen molar-refractivity contribution < 1.29 is 4.74 Å². The second-order valence-electron chi connectivity index (χ2n) is 6.04. The summed E-state index contributed by atoms with van der Waals surface area (Å²) in [4.78, 5) is 2.26. The van der Waals surface area contributed by atoms with Crippen LogP contribution in [-0.4, -0.2) is 32.8 Å². The molecule has 0 heterocycles. The highest BCUT2D eigenvalue weighted by molar-refractivity contribution is 5.46. The third-order valence-electron chi connectivity index (χ3n) is 3.04. The van der Waals surface area contributed by atoms with Gasteiger partial charge in [0.05, 0.1) is 0 Å². The average molecular weight is 264 g/mol. The van der Waals surface area contributed by atoms with E-state index in [0.29, 0.717) is 0 Å². The molecule has 0 saturated heterocycles. The molecule has 0 aromatic heterocycles. The number of rotatable bonds is 7. The summed E-state index contributed by atoms with van der Waals surface area (Å²) in [5, 5.41) is 3.50. The van der Waals surface area contributed by atoms with Crippen molar-refractivity contribution >= 4 is 5.69 Å². The van der Waals surface area contributed by atoms with Gasteiger partial charge in [-0.05, 0) is 44.9 Å². The van der Waals surface area contributed by atoms with Crippen molar-refractivity contribution in [3.63, 3.8) is 0 Å². The van der Waals surface area contributed by atoms with E-state index in [1.165, 1.54) is 11.3 Å². The van der Waals surface area contributed by atoms with Gasteiger partial charge in [-0.1, -0.05) is 12.1 Å². The molecule has 0 spiro atoms. The summed E-state index contributed by atoms with van der Waals surface area (Å²) in [6.07, 6.45) is 1.06. The van der Waals surface area contributed by atoms with Crippen molar-refractivity contribution in [2.45, 2.75) is 39.3 Å². The van der Waals surface area contributed by atoms with E-state index in [1.54, 1.807) is 7.11 Å². The Balaban J connectivity index is 2.46. The van der Waals surface area contributed by atoms with Crippen LogP contribution in [0.25, 0.3) is 0 Å². The Labute approximate surface area is 118 Å². The molecule has 0 bridgehead atoms. The maximum atomic E-state index is 5.08. The number of methoxy groups -OCH3 is 1. The Morgan fingerprint density at radius 1 is 1.16 bits per heavy atom. The first kappa shape index (κ1) is 16.0. The number of hydrogen-bond acceptors (Lipinski definition) is 3. The molecule has 1 N–H and O–H groups in total. The van der Waals surface area contributed by atoms with Gasteiger partial charge in [0.25, 0.3) is 0 Å². The van der Waals surface area contributed by atoms with Crippen LogP contribution in [0.2, 0.25) is 0 Å². The van der Waals surface area contributed by atoms with E-state index in [-0.39, 0.29) is 5.54 Å². The highest BCUT2D eigenvalue weighted by Gasteiger charge is 2.08. The predicted octanol–water partition coefficient (Wildman–Crippen LogP) is 3.05. The fraction of sp³-hybridized carbons (Fsp3) is 0.625. The van der Waals surface area contributed by atoms with E-state index in [0.717, 1.165) is 26.1 Å². The average Bonchev–Trinajstić information content (AvgIpc) is 2.36. The monoisotopic (exact) mass is 264 g/mol. The molecule has 1 aromatic rings. The maximum absolute atomic E-state index is 5.08. The van der Waals surface area contributed by atoms with Crippen molar-refractivity contribution in [1.82, 2.24) is 5.32 Å². The van der Waals surface area contributed by atoms with Crippen molar-refractivity contribution in [1.29, 1.82) is 0 Å². The SMILES string of the molecule is COCCCN(C)c1ccc(CNC(C)(C)C)cc1. The van der Waals surface area contributed by atoms with Gasteiger partial charge in [0.15, 0.2) is 0 Å². The molecule has 1 rings (SSSR count). The molecule has 0 unspecified atom stereocenters. The summed E-state index contributed by atoms with van der Waals surface area (Å²) in [5.41, 5.74) is 2.75. The minimum Gasteiger partial charge on any atom is -0.385 e. The summed E-state index contributed by atoms with van der Waals surface area (Å²) in [6, 6.07) is 8.76. The maximum Gasteiger partial charge on any atom is 0.0479 e. The van der Waals surface area contributed by atoms with Crippen molar-refractivity contribution in [3.05, 3.63) is 29.8 Å². The first-order valence-corrected chi connectivity index (χ1v) is 6.96. The van der Waals surface area contributed by atoms with Crippen LogP contribution >= 0.6 is 0 Å². The highest BCUT2D eigenvalue weighted by atomic mass is 16.5. The van der Waals surface area contributed by atoms with Gasteiger partial charge < -0.3 is 15.0 Å². The van der Waals surface area contributed by atoms with Gasteiger partial charge in [-0.3, -0.25) is 0 Å². The third-order valence-corrected chi connectivity index (χ3v) is 3.04. The van der Waals surface area contributed by atoms with Crippen LogP contribution in [-0.2, 0) is 11.3 Å². The molecule has 3 heteroatoms. The highest BCUT2D eigenvalue weighted by Crippen LogP contribution is 2.14. The molecule has 0 aliphatic carbocycles. The van der Waals surface area contributed by atoms with Crippen molar-refractivity contribution in [3.8, 4) is 0 Å². The van der Waals surface area contributed by atoms with E-state index in [9.17, 15) is 0 Å². The van der Waals surface area contributed by atoms with Crippen LogP contribution in [0.3, 0.4) is 0 Å². The van der Waals surface area contributed by atoms with E-state index < -0.39 is 0 Å². The lowest BCUT2D eigenvalue weighted by Crippen LogP contribution is -2.35. The van der Waals surface area contributed by atoms with Gasteiger partial charge in [0.1, 0.15) is 0 Å². The summed E-state index contributed by atoms with van der Waals surface area (Å²) in [7, 11) is 3.87. The molecule has 3 nitrogen and oxygen atoms in total. The third kappa shape index (κ3) is 6.60. The summed E-state index contributed by atoms with van der Waals surface area (Å²) >= 11 is 0. The smallest absolute Gasteiger partial charge is 0.0479 e. The van der Waals surface area contributed by atoms with Crippen molar-refractivity contribution in [2.75, 3.05) is 32.2 Å². The molecule has 0 fully saturated rings. The van der Waals surface area contributed by atoms with E-state index in [4.69, 9.17) is 4.74 Å². The zero-order valence-corrected chi connectivity index (χ0v) is 13.0. The van der Waals surface area contributed by atoms with Gasteiger partial charge in [-0.2, -0.15) is 0 Å². The quantitative estimate of drug-likeness (QED) is 0.766. The summed E-state index contributed by atoms with van der Waals surface area (Å²) in [5.74, 6) is 0. The first-order valence-electron chi connectivity index (χ1n) is 6.96. The standard InChI is InChI=1S/C16H28N2O/c1-16(2,3)17-13-14-7-9-15(10-8-14)18(4)11-6-12-19-5/h7-10,17H,6,11-13H2,1-5H3. The number of ether oxygens (including phenoxy) is 1. The zero-order valence-electron chi connectivity index (χ0n) is 13.0. The Kier molecular flexibility index (Phi) is 6.32. The number of benzene rings is 1. The lowest BCUT2D eigenvalue weighted by molar-refractivity contribution is 0.196. The molecule has 108 valence electrons. The molecule has 1 aromatic carbocycles. The number of anilines is 1. The number of nitrogens with zero attached hydrogens (tertiary/aromatic N) is 1. The lowest BCUT2D eigenvalue weighted by atomic mass is 10.1. The minimum absolute atomic E-state index is 0.162. The van der Waals surface area contributed by atoms with E-state index in [1.807, 2.05) is 0 Å². The number of hydrogen-bond donors (Lipinski definition) is 1. The lowest BCUT2D eigenvalue weighted by Gasteiger charge is -2.22. The Morgan fingerprint density at radius 2 is 1.79 bits per heavy atom. The van der Waals surface area contributed by atoms with E-state index >= 15 is 0 Å². The van der Waals surface area contributed by atoms with Gasteiger partial charge in [-0.25, -0.2) is 0 Å².